The van der Waals surface area contributed by atoms with Crippen LogP contribution in [-0.2, 0) is 0 Å². The standard InChI is InChI=1S/C18H25N3O4/c1-18(2,3)15-14(8-9-21(15)17(23)24)25-12-6-7-13(19-10-12)16(22)20-11-4-5-11/h6-7,10-11,14-15H,4-5,8-9H2,1-3H3,(H,20,22)(H,23,24)/t14-,15?/m1/s1. The summed E-state index contributed by atoms with van der Waals surface area (Å²) in [6.07, 6.45) is 3.08. The molecule has 2 aliphatic rings. The molecule has 1 aromatic rings. The first-order chi connectivity index (χ1) is 11.8. The predicted molar refractivity (Wildman–Crippen MR) is 91.7 cm³/mol. The van der Waals surface area contributed by atoms with E-state index in [1.54, 1.807) is 12.1 Å². The first-order valence-corrected chi connectivity index (χ1v) is 8.69. The zero-order valence-corrected chi connectivity index (χ0v) is 14.9. The van der Waals surface area contributed by atoms with Crippen LogP contribution in [0.3, 0.4) is 0 Å². The molecule has 136 valence electrons. The Morgan fingerprint density at radius 1 is 1.28 bits per heavy atom. The van der Waals surface area contributed by atoms with Gasteiger partial charge in [-0.15, -0.1) is 0 Å². The van der Waals surface area contributed by atoms with Gasteiger partial charge in [0.25, 0.3) is 5.91 Å². The van der Waals surface area contributed by atoms with Gasteiger partial charge in [0.2, 0.25) is 0 Å². The number of carbonyl (C=O) groups excluding carboxylic acids is 1. The molecule has 1 aliphatic heterocycles. The van der Waals surface area contributed by atoms with Crippen LogP contribution in [-0.4, -0.2) is 51.7 Å². The molecule has 1 unspecified atom stereocenters. The van der Waals surface area contributed by atoms with E-state index in [2.05, 4.69) is 10.3 Å². The van der Waals surface area contributed by atoms with Crippen LogP contribution < -0.4 is 10.1 Å². The van der Waals surface area contributed by atoms with E-state index in [1.807, 2.05) is 20.8 Å². The average molecular weight is 347 g/mol. The van der Waals surface area contributed by atoms with Crippen molar-refractivity contribution in [2.75, 3.05) is 6.54 Å². The van der Waals surface area contributed by atoms with Crippen molar-refractivity contribution in [1.29, 1.82) is 0 Å². The van der Waals surface area contributed by atoms with Crippen LogP contribution in [0.25, 0.3) is 0 Å². The summed E-state index contributed by atoms with van der Waals surface area (Å²) >= 11 is 0. The highest BCUT2D eigenvalue weighted by molar-refractivity contribution is 5.92. The van der Waals surface area contributed by atoms with E-state index in [0.717, 1.165) is 12.8 Å². The molecule has 2 fully saturated rings. The van der Waals surface area contributed by atoms with Crippen molar-refractivity contribution in [1.82, 2.24) is 15.2 Å². The molecule has 1 saturated carbocycles. The van der Waals surface area contributed by atoms with Crippen LogP contribution in [0.2, 0.25) is 0 Å². The van der Waals surface area contributed by atoms with Gasteiger partial charge in [-0.3, -0.25) is 4.79 Å². The second-order valence-corrected chi connectivity index (χ2v) is 7.86. The summed E-state index contributed by atoms with van der Waals surface area (Å²) in [7, 11) is 0. The summed E-state index contributed by atoms with van der Waals surface area (Å²) in [6.45, 7) is 6.49. The third-order valence-corrected chi connectivity index (χ3v) is 4.64. The van der Waals surface area contributed by atoms with E-state index in [0.29, 0.717) is 30.5 Å². The van der Waals surface area contributed by atoms with Gasteiger partial charge in [0.05, 0.1) is 12.2 Å². The van der Waals surface area contributed by atoms with Crippen LogP contribution in [0.5, 0.6) is 5.75 Å². The predicted octanol–water partition coefficient (Wildman–Crippen LogP) is 2.52. The fourth-order valence-corrected chi connectivity index (χ4v) is 3.37. The Morgan fingerprint density at radius 2 is 2.00 bits per heavy atom. The number of carbonyl (C=O) groups is 2. The molecule has 7 nitrogen and oxygen atoms in total. The number of amides is 2. The molecule has 2 atom stereocenters. The third kappa shape index (κ3) is 4.03. The number of hydrogen-bond donors (Lipinski definition) is 2. The highest BCUT2D eigenvalue weighted by Crippen LogP contribution is 2.35. The molecule has 0 bridgehead atoms. The number of carboxylic acid groups (broad SMARTS) is 1. The molecule has 3 rings (SSSR count). The van der Waals surface area contributed by atoms with E-state index in [4.69, 9.17) is 4.74 Å². The van der Waals surface area contributed by atoms with Gasteiger partial charge in [0.15, 0.2) is 0 Å². The molecule has 1 aromatic heterocycles. The first kappa shape index (κ1) is 17.5. The second-order valence-electron chi connectivity index (χ2n) is 7.86. The fraction of sp³-hybridized carbons (Fsp3) is 0.611. The maximum atomic E-state index is 12.0. The normalized spacial score (nSPS) is 23.4. The van der Waals surface area contributed by atoms with E-state index in [-0.39, 0.29) is 23.5 Å². The van der Waals surface area contributed by atoms with Gasteiger partial charge in [-0.05, 0) is 30.4 Å². The lowest BCUT2D eigenvalue weighted by Crippen LogP contribution is -2.48. The highest BCUT2D eigenvalue weighted by atomic mass is 16.5. The SMILES string of the molecule is CC(C)(C)C1[C@H](Oc2ccc(C(=O)NC3CC3)nc2)CCN1C(=O)O. The first-order valence-electron chi connectivity index (χ1n) is 8.69. The molecule has 2 amide bonds. The van der Waals surface area contributed by atoms with Gasteiger partial charge in [0.1, 0.15) is 17.5 Å². The lowest BCUT2D eigenvalue weighted by Gasteiger charge is -2.36. The fourth-order valence-electron chi connectivity index (χ4n) is 3.37. The quantitative estimate of drug-likeness (QED) is 0.873. The molecule has 25 heavy (non-hydrogen) atoms. The number of likely N-dealkylation sites (tertiary alicyclic amines) is 1. The second kappa shape index (κ2) is 6.54. The summed E-state index contributed by atoms with van der Waals surface area (Å²) in [4.78, 5) is 29.1. The van der Waals surface area contributed by atoms with Crippen LogP contribution in [0.1, 0.15) is 50.5 Å². The highest BCUT2D eigenvalue weighted by Gasteiger charge is 2.45. The largest absolute Gasteiger partial charge is 0.487 e. The Kier molecular flexibility index (Phi) is 4.58. The monoisotopic (exact) mass is 347 g/mol. The Morgan fingerprint density at radius 3 is 2.52 bits per heavy atom. The van der Waals surface area contributed by atoms with Crippen molar-refractivity contribution < 1.29 is 19.4 Å². The molecular formula is C18H25N3O4. The summed E-state index contributed by atoms with van der Waals surface area (Å²) in [5, 5.41) is 12.3. The topological polar surface area (TPSA) is 91.8 Å². The number of pyridine rings is 1. The zero-order valence-electron chi connectivity index (χ0n) is 14.9. The molecule has 0 aromatic carbocycles. The Bertz CT molecular complexity index is 649. The van der Waals surface area contributed by atoms with E-state index in [9.17, 15) is 14.7 Å². The van der Waals surface area contributed by atoms with Crippen molar-refractivity contribution >= 4 is 12.0 Å². The van der Waals surface area contributed by atoms with Crippen molar-refractivity contribution in [3.63, 3.8) is 0 Å². The molecule has 1 aliphatic carbocycles. The number of aromatic nitrogens is 1. The van der Waals surface area contributed by atoms with Gasteiger partial charge < -0.3 is 20.1 Å². The number of hydrogen-bond acceptors (Lipinski definition) is 4. The van der Waals surface area contributed by atoms with Crippen molar-refractivity contribution in [2.45, 2.75) is 58.2 Å². The van der Waals surface area contributed by atoms with Gasteiger partial charge in [-0.2, -0.15) is 0 Å². The Hall–Kier alpha value is -2.31. The van der Waals surface area contributed by atoms with Gasteiger partial charge in [-0.1, -0.05) is 20.8 Å². The summed E-state index contributed by atoms with van der Waals surface area (Å²) in [5.41, 5.74) is 0.127. The lowest BCUT2D eigenvalue weighted by atomic mass is 9.84. The minimum Gasteiger partial charge on any atom is -0.487 e. The third-order valence-electron chi connectivity index (χ3n) is 4.64. The average Bonchev–Trinajstić information content (AvgIpc) is 3.23. The summed E-state index contributed by atoms with van der Waals surface area (Å²) in [6, 6.07) is 3.42. The summed E-state index contributed by atoms with van der Waals surface area (Å²) in [5.74, 6) is 0.383. The van der Waals surface area contributed by atoms with Crippen LogP contribution >= 0.6 is 0 Å². The molecule has 0 radical (unpaired) electrons. The maximum Gasteiger partial charge on any atom is 0.407 e. The Balaban J connectivity index is 1.68. The maximum absolute atomic E-state index is 12.0. The van der Waals surface area contributed by atoms with Gasteiger partial charge in [-0.25, -0.2) is 9.78 Å². The zero-order chi connectivity index (χ0) is 18.2. The molecule has 0 spiro atoms. The number of nitrogens with zero attached hydrogens (tertiary/aromatic N) is 2. The number of ether oxygens (including phenoxy) is 1. The van der Waals surface area contributed by atoms with E-state index in [1.165, 1.54) is 11.1 Å². The van der Waals surface area contributed by atoms with Gasteiger partial charge in [0, 0.05) is 19.0 Å². The summed E-state index contributed by atoms with van der Waals surface area (Å²) < 4.78 is 6.02. The molecule has 7 heteroatoms. The lowest BCUT2D eigenvalue weighted by molar-refractivity contribution is 0.0570. The Labute approximate surface area is 147 Å². The van der Waals surface area contributed by atoms with E-state index >= 15 is 0 Å². The molecular weight excluding hydrogens is 322 g/mol. The van der Waals surface area contributed by atoms with Crippen molar-refractivity contribution in [2.24, 2.45) is 5.41 Å². The van der Waals surface area contributed by atoms with Crippen LogP contribution in [0, 0.1) is 5.41 Å². The molecule has 2 N–H and O–H groups in total. The molecule has 2 heterocycles. The van der Waals surface area contributed by atoms with Gasteiger partial charge >= 0.3 is 6.09 Å². The number of nitrogens with one attached hydrogen (secondary N) is 1. The van der Waals surface area contributed by atoms with Crippen LogP contribution in [0.15, 0.2) is 18.3 Å². The smallest absolute Gasteiger partial charge is 0.407 e. The number of rotatable bonds is 4. The minimum atomic E-state index is -0.920. The minimum absolute atomic E-state index is 0.167. The van der Waals surface area contributed by atoms with Crippen molar-refractivity contribution in [3.05, 3.63) is 24.0 Å². The molecule has 1 saturated heterocycles. The van der Waals surface area contributed by atoms with Crippen molar-refractivity contribution in [3.8, 4) is 5.75 Å². The van der Waals surface area contributed by atoms with Crippen LogP contribution in [0.4, 0.5) is 4.79 Å². The van der Waals surface area contributed by atoms with E-state index < -0.39 is 6.09 Å².